The van der Waals surface area contributed by atoms with Gasteiger partial charge < -0.3 is 24.8 Å². The Hall–Kier alpha value is -2.33. The largest absolute Gasteiger partial charge is 0.461 e. The van der Waals surface area contributed by atoms with Crippen LogP contribution in [0, 0.1) is 0 Å². The van der Waals surface area contributed by atoms with Crippen molar-refractivity contribution in [2.24, 2.45) is 0 Å². The van der Waals surface area contributed by atoms with Gasteiger partial charge in [0.05, 0.1) is 19.8 Å². The van der Waals surface area contributed by atoms with Gasteiger partial charge >= 0.3 is 5.97 Å². The smallest absolute Gasteiger partial charge is 0.358 e. The second kappa shape index (κ2) is 7.92. The Labute approximate surface area is 149 Å². The number of carbonyl (C=O) groups is 1. The molecule has 1 aliphatic heterocycles. The highest BCUT2D eigenvalue weighted by Crippen LogP contribution is 2.34. The fraction of sp³-hybridized carbons (Fsp3) is 0.471. The summed E-state index contributed by atoms with van der Waals surface area (Å²) in [4.78, 5) is 12.5. The first-order valence-electron chi connectivity index (χ1n) is 8.33. The second-order valence-corrected chi connectivity index (χ2v) is 5.95. The monoisotopic (exact) mass is 363 g/mol. The predicted octanol–water partition coefficient (Wildman–Crippen LogP) is -0.343. The molecule has 0 spiro atoms. The lowest BCUT2D eigenvalue weighted by molar-refractivity contribution is -0.0243. The molecule has 2 aromatic rings. The van der Waals surface area contributed by atoms with Gasteiger partial charge in [-0.25, -0.2) is 9.48 Å². The quantitative estimate of drug-likeness (QED) is 0.595. The van der Waals surface area contributed by atoms with Crippen molar-refractivity contribution in [2.45, 2.75) is 37.9 Å². The van der Waals surface area contributed by atoms with Crippen molar-refractivity contribution < 1.29 is 29.6 Å². The number of esters is 1. The summed E-state index contributed by atoms with van der Waals surface area (Å²) < 4.78 is 11.9. The molecule has 1 fully saturated rings. The van der Waals surface area contributed by atoms with E-state index in [4.69, 9.17) is 9.47 Å². The zero-order chi connectivity index (χ0) is 18.7. The van der Waals surface area contributed by atoms with Crippen LogP contribution in [0.2, 0.25) is 0 Å². The molecule has 2 heterocycles. The van der Waals surface area contributed by atoms with Crippen molar-refractivity contribution in [1.82, 2.24) is 15.0 Å². The number of aliphatic hydroxyl groups is 3. The number of aliphatic hydroxyl groups excluding tert-OH is 3. The number of nitrogens with zero attached hydrogens (tertiary/aromatic N) is 3. The maximum Gasteiger partial charge on any atom is 0.358 e. The minimum absolute atomic E-state index is 0.0468. The molecule has 3 rings (SSSR count). The lowest BCUT2D eigenvalue weighted by Crippen LogP contribution is -2.32. The SMILES string of the molecule is CCOC(=O)c1c([C@@H]2O[C@H](CO)[C@@H](O)[C@H]2O)nnn1Cc1ccccc1. The van der Waals surface area contributed by atoms with Gasteiger partial charge in [-0.2, -0.15) is 0 Å². The van der Waals surface area contributed by atoms with E-state index < -0.39 is 37.0 Å². The van der Waals surface area contributed by atoms with E-state index in [9.17, 15) is 20.1 Å². The van der Waals surface area contributed by atoms with E-state index in [1.165, 1.54) is 4.68 Å². The first-order valence-corrected chi connectivity index (χ1v) is 8.33. The number of ether oxygens (including phenoxy) is 2. The van der Waals surface area contributed by atoms with Gasteiger partial charge in [0.2, 0.25) is 0 Å². The summed E-state index contributed by atoms with van der Waals surface area (Å²) in [6.07, 6.45) is -4.70. The van der Waals surface area contributed by atoms with Crippen LogP contribution in [-0.2, 0) is 16.0 Å². The van der Waals surface area contributed by atoms with Gasteiger partial charge in [-0.1, -0.05) is 35.5 Å². The Kier molecular flexibility index (Phi) is 5.62. The third-order valence-electron chi connectivity index (χ3n) is 4.22. The maximum atomic E-state index is 12.5. The normalized spacial score (nSPS) is 25.4. The Bertz CT molecular complexity index is 750. The summed E-state index contributed by atoms with van der Waals surface area (Å²) in [6.45, 7) is 1.64. The van der Waals surface area contributed by atoms with Crippen molar-refractivity contribution in [1.29, 1.82) is 0 Å². The van der Waals surface area contributed by atoms with E-state index in [2.05, 4.69) is 10.3 Å². The summed E-state index contributed by atoms with van der Waals surface area (Å²) >= 11 is 0. The predicted molar refractivity (Wildman–Crippen MR) is 88.2 cm³/mol. The Balaban J connectivity index is 1.96. The average Bonchev–Trinajstić information content (AvgIpc) is 3.18. The van der Waals surface area contributed by atoms with Crippen molar-refractivity contribution in [3.63, 3.8) is 0 Å². The van der Waals surface area contributed by atoms with Crippen LogP contribution in [0.5, 0.6) is 0 Å². The van der Waals surface area contributed by atoms with Crippen molar-refractivity contribution in [2.75, 3.05) is 13.2 Å². The molecule has 1 saturated heterocycles. The summed E-state index contributed by atoms with van der Waals surface area (Å²) in [5, 5.41) is 37.4. The molecule has 0 saturated carbocycles. The molecule has 9 heteroatoms. The van der Waals surface area contributed by atoms with Gasteiger partial charge in [-0.05, 0) is 12.5 Å². The van der Waals surface area contributed by atoms with Gasteiger partial charge in [0.25, 0.3) is 0 Å². The molecule has 1 aromatic carbocycles. The minimum atomic E-state index is -1.35. The number of rotatable bonds is 6. The van der Waals surface area contributed by atoms with Gasteiger partial charge in [-0.15, -0.1) is 5.10 Å². The van der Waals surface area contributed by atoms with Crippen LogP contribution < -0.4 is 0 Å². The third-order valence-corrected chi connectivity index (χ3v) is 4.22. The van der Waals surface area contributed by atoms with Crippen molar-refractivity contribution in [3.8, 4) is 0 Å². The van der Waals surface area contributed by atoms with Gasteiger partial charge in [0.15, 0.2) is 5.69 Å². The van der Waals surface area contributed by atoms with Crippen LogP contribution in [0.1, 0.15) is 34.8 Å². The molecule has 0 radical (unpaired) electrons. The number of carbonyl (C=O) groups excluding carboxylic acids is 1. The van der Waals surface area contributed by atoms with Crippen LogP contribution in [0.25, 0.3) is 0 Å². The van der Waals surface area contributed by atoms with Crippen LogP contribution >= 0.6 is 0 Å². The lowest BCUT2D eigenvalue weighted by Gasteiger charge is -2.14. The van der Waals surface area contributed by atoms with Crippen molar-refractivity contribution in [3.05, 3.63) is 47.3 Å². The molecule has 0 aliphatic carbocycles. The fourth-order valence-electron chi connectivity index (χ4n) is 2.92. The third kappa shape index (κ3) is 3.47. The summed E-state index contributed by atoms with van der Waals surface area (Å²) in [5.74, 6) is -0.652. The van der Waals surface area contributed by atoms with E-state index in [-0.39, 0.29) is 24.5 Å². The van der Waals surface area contributed by atoms with E-state index in [0.29, 0.717) is 0 Å². The Morgan fingerprint density at radius 1 is 1.27 bits per heavy atom. The first kappa shape index (κ1) is 18.5. The van der Waals surface area contributed by atoms with Gasteiger partial charge in [0.1, 0.15) is 30.1 Å². The zero-order valence-corrected chi connectivity index (χ0v) is 14.2. The molecule has 140 valence electrons. The molecular formula is C17H21N3O6. The van der Waals surface area contributed by atoms with E-state index in [0.717, 1.165) is 5.56 Å². The summed E-state index contributed by atoms with van der Waals surface area (Å²) in [5.41, 5.74) is 1.02. The molecular weight excluding hydrogens is 342 g/mol. The Morgan fingerprint density at radius 2 is 2.00 bits per heavy atom. The average molecular weight is 363 g/mol. The molecule has 0 amide bonds. The molecule has 26 heavy (non-hydrogen) atoms. The van der Waals surface area contributed by atoms with Gasteiger partial charge in [-0.3, -0.25) is 0 Å². The molecule has 1 aliphatic rings. The first-order chi connectivity index (χ1) is 12.6. The minimum Gasteiger partial charge on any atom is -0.461 e. The van der Waals surface area contributed by atoms with E-state index in [1.807, 2.05) is 30.3 Å². The van der Waals surface area contributed by atoms with Crippen LogP contribution in [0.4, 0.5) is 0 Å². The number of benzene rings is 1. The molecule has 0 unspecified atom stereocenters. The zero-order valence-electron chi connectivity index (χ0n) is 14.2. The number of hydrogen-bond acceptors (Lipinski definition) is 8. The summed E-state index contributed by atoms with van der Waals surface area (Å²) in [7, 11) is 0. The van der Waals surface area contributed by atoms with E-state index >= 15 is 0 Å². The van der Waals surface area contributed by atoms with Crippen LogP contribution in [-0.4, -0.2) is 67.8 Å². The maximum absolute atomic E-state index is 12.5. The van der Waals surface area contributed by atoms with Gasteiger partial charge in [0, 0.05) is 0 Å². The fourth-order valence-corrected chi connectivity index (χ4v) is 2.92. The lowest BCUT2D eigenvalue weighted by atomic mass is 10.0. The molecule has 1 aromatic heterocycles. The van der Waals surface area contributed by atoms with Crippen LogP contribution in [0.15, 0.2) is 30.3 Å². The molecule has 4 atom stereocenters. The highest BCUT2D eigenvalue weighted by atomic mass is 16.6. The highest BCUT2D eigenvalue weighted by Gasteiger charge is 2.46. The molecule has 9 nitrogen and oxygen atoms in total. The van der Waals surface area contributed by atoms with E-state index in [1.54, 1.807) is 6.92 Å². The van der Waals surface area contributed by atoms with Crippen molar-refractivity contribution >= 4 is 5.97 Å². The highest BCUT2D eigenvalue weighted by molar-refractivity contribution is 5.88. The summed E-state index contributed by atoms with van der Waals surface area (Å²) in [6, 6.07) is 9.36. The number of aromatic nitrogens is 3. The topological polar surface area (TPSA) is 127 Å². The van der Waals surface area contributed by atoms with Crippen LogP contribution in [0.3, 0.4) is 0 Å². The number of hydrogen-bond donors (Lipinski definition) is 3. The molecule has 0 bridgehead atoms. The molecule has 3 N–H and O–H groups in total. The second-order valence-electron chi connectivity index (χ2n) is 5.95. The Morgan fingerprint density at radius 3 is 2.62 bits per heavy atom. The standard InChI is InChI=1S/C17H21N3O6/c1-2-25-17(24)13-12(16-15(23)14(22)11(9-21)26-16)18-19-20(13)8-10-6-4-3-5-7-10/h3-7,11,14-16,21-23H,2,8-9H2,1H3/t11-,14-,15-,16+/m1/s1.